The van der Waals surface area contributed by atoms with Gasteiger partial charge in [0.15, 0.2) is 0 Å². The zero-order chi connectivity index (χ0) is 13.1. The van der Waals surface area contributed by atoms with Crippen molar-refractivity contribution in [1.29, 1.82) is 0 Å². The zero-order valence-electron chi connectivity index (χ0n) is 10.5. The van der Waals surface area contributed by atoms with Crippen LogP contribution < -0.4 is 0 Å². The SMILES string of the molecule is CN(Cc1ccc(Cl)cc1Cl)C1CCCCC1Cl. The number of hydrogen-bond acceptors (Lipinski definition) is 1. The van der Waals surface area contributed by atoms with Gasteiger partial charge in [-0.25, -0.2) is 0 Å². The maximum Gasteiger partial charge on any atom is 0.0491 e. The van der Waals surface area contributed by atoms with Crippen LogP contribution in [0.25, 0.3) is 0 Å². The second-order valence-corrected chi connectivity index (χ2v) is 6.42. The van der Waals surface area contributed by atoms with Crippen LogP contribution in [-0.2, 0) is 6.54 Å². The minimum atomic E-state index is 0.259. The Labute approximate surface area is 124 Å². The van der Waals surface area contributed by atoms with Gasteiger partial charge in [-0.15, -0.1) is 11.6 Å². The third-order valence-corrected chi connectivity index (χ3v) is 4.74. The van der Waals surface area contributed by atoms with Gasteiger partial charge >= 0.3 is 0 Å². The molecule has 1 fully saturated rings. The summed E-state index contributed by atoms with van der Waals surface area (Å²) >= 11 is 18.5. The first-order chi connectivity index (χ1) is 8.58. The van der Waals surface area contributed by atoms with Crippen LogP contribution in [0, 0.1) is 0 Å². The molecule has 0 aromatic heterocycles. The Kier molecular flexibility index (Phi) is 5.20. The lowest BCUT2D eigenvalue weighted by Gasteiger charge is -2.35. The monoisotopic (exact) mass is 305 g/mol. The summed E-state index contributed by atoms with van der Waals surface area (Å²) in [6, 6.07) is 6.13. The zero-order valence-corrected chi connectivity index (χ0v) is 12.8. The normalized spacial score (nSPS) is 24.5. The van der Waals surface area contributed by atoms with Gasteiger partial charge in [-0.1, -0.05) is 42.1 Å². The molecule has 18 heavy (non-hydrogen) atoms. The fraction of sp³-hybridized carbons (Fsp3) is 0.571. The second-order valence-electron chi connectivity index (χ2n) is 5.02. The van der Waals surface area contributed by atoms with E-state index in [0.717, 1.165) is 23.6 Å². The van der Waals surface area contributed by atoms with E-state index in [1.165, 1.54) is 19.3 Å². The molecule has 1 aromatic rings. The highest BCUT2D eigenvalue weighted by Gasteiger charge is 2.26. The quantitative estimate of drug-likeness (QED) is 0.712. The summed E-state index contributed by atoms with van der Waals surface area (Å²) in [6.07, 6.45) is 4.81. The van der Waals surface area contributed by atoms with E-state index in [-0.39, 0.29) is 5.38 Å². The summed E-state index contributed by atoms with van der Waals surface area (Å²) in [4.78, 5) is 2.31. The Balaban J connectivity index is 2.03. The molecule has 2 unspecified atom stereocenters. The highest BCUT2D eigenvalue weighted by atomic mass is 35.5. The standard InChI is InChI=1S/C14H18Cl3N/c1-18(14-5-3-2-4-12(14)16)9-10-6-7-11(15)8-13(10)17/h6-8,12,14H,2-5,9H2,1H3. The summed E-state index contributed by atoms with van der Waals surface area (Å²) in [5.41, 5.74) is 1.11. The highest BCUT2D eigenvalue weighted by molar-refractivity contribution is 6.35. The molecule has 100 valence electrons. The molecule has 1 nitrogen and oxygen atoms in total. The number of nitrogens with zero attached hydrogens (tertiary/aromatic N) is 1. The summed E-state index contributed by atoms with van der Waals surface area (Å²) in [7, 11) is 2.12. The number of rotatable bonds is 3. The van der Waals surface area contributed by atoms with Gasteiger partial charge in [-0.2, -0.15) is 0 Å². The van der Waals surface area contributed by atoms with E-state index in [2.05, 4.69) is 11.9 Å². The molecule has 2 atom stereocenters. The van der Waals surface area contributed by atoms with Gasteiger partial charge in [0, 0.05) is 28.0 Å². The molecule has 4 heteroatoms. The van der Waals surface area contributed by atoms with Crippen LogP contribution in [0.2, 0.25) is 10.0 Å². The molecular formula is C14H18Cl3N. The van der Waals surface area contributed by atoms with E-state index in [1.807, 2.05) is 12.1 Å². The Morgan fingerprint density at radius 3 is 2.61 bits per heavy atom. The van der Waals surface area contributed by atoms with Gasteiger partial charge in [-0.05, 0) is 37.6 Å². The van der Waals surface area contributed by atoms with Crippen LogP contribution in [0.3, 0.4) is 0 Å². The summed E-state index contributed by atoms with van der Waals surface area (Å²) in [6.45, 7) is 0.823. The number of halogens is 3. The average Bonchev–Trinajstić information content (AvgIpc) is 2.33. The number of benzene rings is 1. The third-order valence-electron chi connectivity index (χ3n) is 3.65. The highest BCUT2D eigenvalue weighted by Crippen LogP contribution is 2.29. The average molecular weight is 307 g/mol. The molecule has 0 heterocycles. The van der Waals surface area contributed by atoms with Crippen LogP contribution >= 0.6 is 34.8 Å². The lowest BCUT2D eigenvalue weighted by molar-refractivity contribution is 0.188. The summed E-state index contributed by atoms with van der Waals surface area (Å²) < 4.78 is 0. The molecule has 1 aromatic carbocycles. The van der Waals surface area contributed by atoms with E-state index >= 15 is 0 Å². The van der Waals surface area contributed by atoms with Gasteiger partial charge in [-0.3, -0.25) is 4.90 Å². The molecular weight excluding hydrogens is 289 g/mol. The largest absolute Gasteiger partial charge is 0.298 e. The van der Waals surface area contributed by atoms with E-state index in [9.17, 15) is 0 Å². The van der Waals surface area contributed by atoms with Crippen LogP contribution in [0.1, 0.15) is 31.2 Å². The van der Waals surface area contributed by atoms with E-state index in [4.69, 9.17) is 34.8 Å². The van der Waals surface area contributed by atoms with Crippen molar-refractivity contribution in [3.63, 3.8) is 0 Å². The lowest BCUT2D eigenvalue weighted by atomic mass is 9.93. The Morgan fingerprint density at radius 2 is 1.94 bits per heavy atom. The van der Waals surface area contributed by atoms with Gasteiger partial charge in [0.25, 0.3) is 0 Å². The first kappa shape index (κ1) is 14.5. The Morgan fingerprint density at radius 1 is 1.22 bits per heavy atom. The fourth-order valence-electron chi connectivity index (χ4n) is 2.60. The smallest absolute Gasteiger partial charge is 0.0491 e. The molecule has 0 saturated heterocycles. The van der Waals surface area contributed by atoms with Crippen molar-refractivity contribution in [1.82, 2.24) is 4.90 Å². The fourth-order valence-corrected chi connectivity index (χ4v) is 3.54. The molecule has 0 bridgehead atoms. The lowest BCUT2D eigenvalue weighted by Crippen LogP contribution is -2.40. The molecule has 2 rings (SSSR count). The van der Waals surface area contributed by atoms with E-state index in [0.29, 0.717) is 11.1 Å². The van der Waals surface area contributed by atoms with Gasteiger partial charge in [0.05, 0.1) is 0 Å². The van der Waals surface area contributed by atoms with Crippen molar-refractivity contribution in [3.8, 4) is 0 Å². The molecule has 0 spiro atoms. The van der Waals surface area contributed by atoms with Crippen molar-refractivity contribution in [2.45, 2.75) is 43.6 Å². The minimum absolute atomic E-state index is 0.259. The summed E-state index contributed by atoms with van der Waals surface area (Å²) in [5, 5.41) is 1.67. The van der Waals surface area contributed by atoms with Crippen molar-refractivity contribution >= 4 is 34.8 Å². The maximum absolute atomic E-state index is 6.41. The molecule has 0 amide bonds. The van der Waals surface area contributed by atoms with Crippen molar-refractivity contribution in [2.75, 3.05) is 7.05 Å². The Hall–Kier alpha value is 0.0500. The molecule has 1 aliphatic carbocycles. The second kappa shape index (κ2) is 6.47. The maximum atomic E-state index is 6.41. The summed E-state index contributed by atoms with van der Waals surface area (Å²) in [5.74, 6) is 0. The topological polar surface area (TPSA) is 3.24 Å². The molecule has 1 saturated carbocycles. The number of hydrogen-bond donors (Lipinski definition) is 0. The number of alkyl halides is 1. The first-order valence-electron chi connectivity index (χ1n) is 6.36. The van der Waals surface area contributed by atoms with Gasteiger partial charge in [0.2, 0.25) is 0 Å². The molecule has 0 N–H and O–H groups in total. The molecule has 0 aliphatic heterocycles. The van der Waals surface area contributed by atoms with Crippen molar-refractivity contribution in [2.24, 2.45) is 0 Å². The molecule has 1 aliphatic rings. The van der Waals surface area contributed by atoms with Crippen molar-refractivity contribution in [3.05, 3.63) is 33.8 Å². The predicted octanol–water partition coefficient (Wildman–Crippen LogP) is 4.98. The van der Waals surface area contributed by atoms with Gasteiger partial charge in [0.1, 0.15) is 0 Å². The third kappa shape index (κ3) is 3.54. The van der Waals surface area contributed by atoms with Crippen LogP contribution in [-0.4, -0.2) is 23.4 Å². The van der Waals surface area contributed by atoms with Crippen LogP contribution in [0.15, 0.2) is 18.2 Å². The van der Waals surface area contributed by atoms with Crippen LogP contribution in [0.5, 0.6) is 0 Å². The van der Waals surface area contributed by atoms with Gasteiger partial charge < -0.3 is 0 Å². The van der Waals surface area contributed by atoms with E-state index < -0.39 is 0 Å². The van der Waals surface area contributed by atoms with Crippen molar-refractivity contribution < 1.29 is 0 Å². The molecule has 0 radical (unpaired) electrons. The predicted molar refractivity (Wildman–Crippen MR) is 79.8 cm³/mol. The first-order valence-corrected chi connectivity index (χ1v) is 7.55. The van der Waals surface area contributed by atoms with E-state index in [1.54, 1.807) is 6.07 Å². The minimum Gasteiger partial charge on any atom is -0.298 e. The van der Waals surface area contributed by atoms with Crippen LogP contribution in [0.4, 0.5) is 0 Å². The Bertz CT molecular complexity index is 408.